The molecular weight excluding hydrogens is 296 g/mol. The Labute approximate surface area is 135 Å². The molecule has 0 fully saturated rings. The molecule has 0 heterocycles. The summed E-state index contributed by atoms with van der Waals surface area (Å²) in [6.45, 7) is 0.732. The highest BCUT2D eigenvalue weighted by Crippen LogP contribution is 2.25. The lowest BCUT2D eigenvalue weighted by Crippen LogP contribution is -2.10. The molecular formula is C18H20O5. The van der Waals surface area contributed by atoms with Crippen molar-refractivity contribution in [2.45, 2.75) is 12.8 Å². The highest BCUT2D eigenvalue weighted by Gasteiger charge is 2.06. The van der Waals surface area contributed by atoms with E-state index >= 15 is 0 Å². The van der Waals surface area contributed by atoms with Gasteiger partial charge in [0.05, 0.1) is 7.11 Å². The van der Waals surface area contributed by atoms with E-state index in [1.807, 2.05) is 48.5 Å². The Hall–Kier alpha value is -2.69. The molecule has 1 N–H and O–H groups in total. The number of benzene rings is 2. The second-order valence-corrected chi connectivity index (χ2v) is 4.85. The summed E-state index contributed by atoms with van der Waals surface area (Å²) < 4.78 is 16.6. The minimum absolute atomic E-state index is 0.0814. The van der Waals surface area contributed by atoms with E-state index in [1.165, 1.54) is 0 Å². The van der Waals surface area contributed by atoms with Crippen molar-refractivity contribution in [1.82, 2.24) is 0 Å². The summed E-state index contributed by atoms with van der Waals surface area (Å²) in [7, 11) is 1.59. The first-order valence-electron chi connectivity index (χ1n) is 7.39. The van der Waals surface area contributed by atoms with Crippen LogP contribution < -0.4 is 14.2 Å². The zero-order chi connectivity index (χ0) is 16.5. The molecule has 0 amide bonds. The molecule has 0 unspecified atom stereocenters. The number of carboxylic acid groups (broad SMARTS) is 1. The molecule has 0 aliphatic carbocycles. The maximum absolute atomic E-state index is 10.7. The molecule has 0 saturated heterocycles. The van der Waals surface area contributed by atoms with Crippen molar-refractivity contribution < 1.29 is 24.1 Å². The SMILES string of the molecule is COc1ccccc1OCCOc1ccccc1CCC(=O)O. The second kappa shape index (κ2) is 8.68. The van der Waals surface area contributed by atoms with Crippen molar-refractivity contribution in [2.24, 2.45) is 0 Å². The van der Waals surface area contributed by atoms with Gasteiger partial charge in [-0.05, 0) is 30.2 Å². The summed E-state index contributed by atoms with van der Waals surface area (Å²) in [5.74, 6) is 1.21. The van der Waals surface area contributed by atoms with Gasteiger partial charge in [0.2, 0.25) is 0 Å². The fourth-order valence-electron chi connectivity index (χ4n) is 2.13. The lowest BCUT2D eigenvalue weighted by Gasteiger charge is -2.13. The average Bonchev–Trinajstić information content (AvgIpc) is 2.58. The molecule has 0 saturated carbocycles. The van der Waals surface area contributed by atoms with Crippen LogP contribution in [-0.4, -0.2) is 31.4 Å². The number of ether oxygens (including phenoxy) is 3. The van der Waals surface area contributed by atoms with Gasteiger partial charge in [-0.2, -0.15) is 0 Å². The molecule has 0 radical (unpaired) electrons. The van der Waals surface area contributed by atoms with Gasteiger partial charge in [-0.3, -0.25) is 4.79 Å². The molecule has 5 nitrogen and oxygen atoms in total. The fourth-order valence-corrected chi connectivity index (χ4v) is 2.13. The Morgan fingerprint density at radius 3 is 2.13 bits per heavy atom. The Kier molecular flexibility index (Phi) is 6.29. The van der Waals surface area contributed by atoms with Gasteiger partial charge in [0.15, 0.2) is 11.5 Å². The van der Waals surface area contributed by atoms with Crippen LogP contribution in [0.15, 0.2) is 48.5 Å². The zero-order valence-electron chi connectivity index (χ0n) is 13.0. The molecule has 2 aromatic rings. The number of carboxylic acids is 1. The third kappa shape index (κ3) is 5.21. The molecule has 2 aromatic carbocycles. The number of hydrogen-bond acceptors (Lipinski definition) is 4. The first-order chi connectivity index (χ1) is 11.2. The maximum Gasteiger partial charge on any atom is 0.303 e. The minimum atomic E-state index is -0.820. The molecule has 2 rings (SSSR count). The third-order valence-electron chi connectivity index (χ3n) is 3.25. The summed E-state index contributed by atoms with van der Waals surface area (Å²) in [5, 5.41) is 8.78. The number of carbonyl (C=O) groups is 1. The van der Waals surface area contributed by atoms with E-state index in [0.29, 0.717) is 36.9 Å². The van der Waals surface area contributed by atoms with Gasteiger partial charge in [0, 0.05) is 6.42 Å². The number of aryl methyl sites for hydroxylation is 1. The summed E-state index contributed by atoms with van der Waals surface area (Å²) in [6, 6.07) is 14.9. The lowest BCUT2D eigenvalue weighted by molar-refractivity contribution is -0.136. The van der Waals surface area contributed by atoms with Gasteiger partial charge in [0.1, 0.15) is 19.0 Å². The van der Waals surface area contributed by atoms with E-state index in [0.717, 1.165) is 5.56 Å². The number of hydrogen-bond donors (Lipinski definition) is 1. The van der Waals surface area contributed by atoms with Crippen molar-refractivity contribution in [3.63, 3.8) is 0 Å². The van der Waals surface area contributed by atoms with Crippen molar-refractivity contribution in [2.75, 3.05) is 20.3 Å². The van der Waals surface area contributed by atoms with Gasteiger partial charge in [-0.15, -0.1) is 0 Å². The minimum Gasteiger partial charge on any atom is -0.493 e. The molecule has 122 valence electrons. The molecule has 0 atom stereocenters. The Morgan fingerprint density at radius 2 is 1.48 bits per heavy atom. The van der Waals surface area contributed by atoms with Crippen molar-refractivity contribution in [1.29, 1.82) is 0 Å². The molecule has 0 aliphatic heterocycles. The molecule has 0 bridgehead atoms. The van der Waals surface area contributed by atoms with Crippen LogP contribution in [0, 0.1) is 0 Å². The largest absolute Gasteiger partial charge is 0.493 e. The molecule has 23 heavy (non-hydrogen) atoms. The predicted octanol–water partition coefficient (Wildman–Crippen LogP) is 3.17. The van der Waals surface area contributed by atoms with Gasteiger partial charge >= 0.3 is 5.97 Å². The monoisotopic (exact) mass is 316 g/mol. The second-order valence-electron chi connectivity index (χ2n) is 4.85. The first kappa shape index (κ1) is 16.7. The van der Waals surface area contributed by atoms with Gasteiger partial charge in [0.25, 0.3) is 0 Å². The van der Waals surface area contributed by atoms with Crippen LogP contribution in [0.4, 0.5) is 0 Å². The van der Waals surface area contributed by atoms with Crippen LogP contribution in [0.5, 0.6) is 17.2 Å². The first-order valence-corrected chi connectivity index (χ1v) is 7.39. The molecule has 5 heteroatoms. The van der Waals surface area contributed by atoms with E-state index in [2.05, 4.69) is 0 Å². The Bertz CT molecular complexity index is 639. The van der Waals surface area contributed by atoms with Crippen LogP contribution in [0.25, 0.3) is 0 Å². The molecule has 0 spiro atoms. The summed E-state index contributed by atoms with van der Waals surface area (Å²) in [5.41, 5.74) is 0.882. The van der Waals surface area contributed by atoms with Crippen molar-refractivity contribution in [3.05, 3.63) is 54.1 Å². The van der Waals surface area contributed by atoms with Gasteiger partial charge < -0.3 is 19.3 Å². The molecule has 0 aromatic heterocycles. The maximum atomic E-state index is 10.7. The standard InChI is InChI=1S/C18H20O5/c1-21-16-8-4-5-9-17(16)23-13-12-22-15-7-3-2-6-14(15)10-11-18(19)20/h2-9H,10-13H2,1H3,(H,19,20). The Morgan fingerprint density at radius 1 is 0.913 bits per heavy atom. The predicted molar refractivity (Wildman–Crippen MR) is 86.4 cm³/mol. The number of rotatable bonds is 9. The number of para-hydroxylation sites is 3. The summed E-state index contributed by atoms with van der Waals surface area (Å²) in [4.78, 5) is 10.7. The fraction of sp³-hybridized carbons (Fsp3) is 0.278. The normalized spacial score (nSPS) is 10.1. The van der Waals surface area contributed by atoms with Crippen LogP contribution in [0.2, 0.25) is 0 Å². The smallest absolute Gasteiger partial charge is 0.303 e. The van der Waals surface area contributed by atoms with E-state index in [-0.39, 0.29) is 6.42 Å². The van der Waals surface area contributed by atoms with Crippen LogP contribution in [0.3, 0.4) is 0 Å². The topological polar surface area (TPSA) is 65.0 Å². The zero-order valence-corrected chi connectivity index (χ0v) is 13.0. The highest BCUT2D eigenvalue weighted by molar-refractivity contribution is 5.67. The number of methoxy groups -OCH3 is 1. The molecule has 0 aliphatic rings. The van der Waals surface area contributed by atoms with Gasteiger partial charge in [-0.1, -0.05) is 30.3 Å². The summed E-state index contributed by atoms with van der Waals surface area (Å²) >= 11 is 0. The number of aliphatic carboxylic acids is 1. The van der Waals surface area contributed by atoms with Crippen LogP contribution in [0.1, 0.15) is 12.0 Å². The highest BCUT2D eigenvalue weighted by atomic mass is 16.5. The van der Waals surface area contributed by atoms with Crippen LogP contribution >= 0.6 is 0 Å². The van der Waals surface area contributed by atoms with Crippen molar-refractivity contribution >= 4 is 5.97 Å². The van der Waals surface area contributed by atoms with Gasteiger partial charge in [-0.25, -0.2) is 0 Å². The van der Waals surface area contributed by atoms with E-state index in [4.69, 9.17) is 19.3 Å². The quantitative estimate of drug-likeness (QED) is 0.720. The van der Waals surface area contributed by atoms with E-state index < -0.39 is 5.97 Å². The van der Waals surface area contributed by atoms with E-state index in [1.54, 1.807) is 7.11 Å². The summed E-state index contributed by atoms with van der Waals surface area (Å²) in [6.07, 6.45) is 0.525. The third-order valence-corrected chi connectivity index (χ3v) is 3.25. The average molecular weight is 316 g/mol. The van der Waals surface area contributed by atoms with Crippen molar-refractivity contribution in [3.8, 4) is 17.2 Å². The lowest BCUT2D eigenvalue weighted by atomic mass is 10.1. The van der Waals surface area contributed by atoms with Crippen LogP contribution in [-0.2, 0) is 11.2 Å². The van der Waals surface area contributed by atoms with E-state index in [9.17, 15) is 4.79 Å². The Balaban J connectivity index is 1.85.